The first kappa shape index (κ1) is 23.0. The van der Waals surface area contributed by atoms with Crippen LogP contribution in [0.2, 0.25) is 0 Å². The number of benzene rings is 2. The summed E-state index contributed by atoms with van der Waals surface area (Å²) in [6.07, 6.45) is 0.771. The molecule has 0 N–H and O–H groups in total. The number of rotatable bonds is 7. The molecule has 0 radical (unpaired) electrons. The van der Waals surface area contributed by atoms with E-state index in [1.54, 1.807) is 45.4 Å². The van der Waals surface area contributed by atoms with Gasteiger partial charge in [0.25, 0.3) is 5.91 Å². The number of nitrogens with zero attached hydrogens (tertiary/aromatic N) is 2. The molecule has 1 aliphatic rings. The van der Waals surface area contributed by atoms with E-state index in [2.05, 4.69) is 0 Å². The van der Waals surface area contributed by atoms with Gasteiger partial charge in [-0.25, -0.2) is 4.39 Å². The van der Waals surface area contributed by atoms with Crippen LogP contribution < -0.4 is 4.74 Å². The molecule has 5 nitrogen and oxygen atoms in total. The molecule has 0 unspecified atom stereocenters. The number of hydrogen-bond acceptors (Lipinski definition) is 4. The Kier molecular flexibility index (Phi) is 7.08. The molecule has 0 fully saturated rings. The highest BCUT2D eigenvalue weighted by Crippen LogP contribution is 2.34. The summed E-state index contributed by atoms with van der Waals surface area (Å²) in [6.45, 7) is 5.05. The van der Waals surface area contributed by atoms with Crippen molar-refractivity contribution < 1.29 is 18.7 Å². The number of fused-ring (bicyclic) bond motifs is 1. The van der Waals surface area contributed by atoms with Gasteiger partial charge in [-0.3, -0.25) is 9.59 Å². The van der Waals surface area contributed by atoms with Crippen LogP contribution in [0.5, 0.6) is 5.75 Å². The lowest BCUT2D eigenvalue weighted by Crippen LogP contribution is -2.47. The summed E-state index contributed by atoms with van der Waals surface area (Å²) < 4.78 is 19.4. The average Bonchev–Trinajstić information content (AvgIpc) is 3.30. The fraction of sp³-hybridized carbons (Fsp3) is 0.308. The summed E-state index contributed by atoms with van der Waals surface area (Å²) in [5, 5.41) is 2.02. The molecule has 7 heteroatoms. The molecule has 0 bridgehead atoms. The molecule has 1 atom stereocenters. The maximum Gasteiger partial charge on any atom is 0.254 e. The summed E-state index contributed by atoms with van der Waals surface area (Å²) in [4.78, 5) is 31.0. The van der Waals surface area contributed by atoms with Crippen molar-refractivity contribution in [1.82, 2.24) is 9.80 Å². The number of carbonyl (C=O) groups excluding carboxylic acids is 2. The van der Waals surface area contributed by atoms with Crippen LogP contribution in [-0.4, -0.2) is 47.9 Å². The Morgan fingerprint density at radius 3 is 2.70 bits per heavy atom. The topological polar surface area (TPSA) is 49.9 Å². The van der Waals surface area contributed by atoms with E-state index in [9.17, 15) is 14.0 Å². The highest BCUT2D eigenvalue weighted by Gasteiger charge is 2.33. The van der Waals surface area contributed by atoms with Gasteiger partial charge in [-0.2, -0.15) is 0 Å². The fourth-order valence-electron chi connectivity index (χ4n) is 4.07. The smallest absolute Gasteiger partial charge is 0.254 e. The molecule has 1 aromatic heterocycles. The van der Waals surface area contributed by atoms with Crippen molar-refractivity contribution in [2.75, 3.05) is 26.2 Å². The van der Waals surface area contributed by atoms with Crippen molar-refractivity contribution in [1.29, 1.82) is 0 Å². The van der Waals surface area contributed by atoms with Gasteiger partial charge in [-0.1, -0.05) is 23.8 Å². The lowest BCUT2D eigenvalue weighted by Gasteiger charge is -2.37. The average molecular weight is 467 g/mol. The van der Waals surface area contributed by atoms with E-state index in [4.69, 9.17) is 4.74 Å². The zero-order chi connectivity index (χ0) is 23.4. The minimum absolute atomic E-state index is 0.000848. The first-order chi connectivity index (χ1) is 16.0. The van der Waals surface area contributed by atoms with Crippen LogP contribution in [0.3, 0.4) is 0 Å². The van der Waals surface area contributed by atoms with Crippen LogP contribution in [-0.2, 0) is 11.2 Å². The zero-order valence-corrected chi connectivity index (χ0v) is 19.6. The van der Waals surface area contributed by atoms with E-state index in [1.165, 1.54) is 17.0 Å². The predicted molar refractivity (Wildman–Crippen MR) is 127 cm³/mol. The summed E-state index contributed by atoms with van der Waals surface area (Å²) in [7, 11) is 0. The van der Waals surface area contributed by atoms with Crippen LogP contribution >= 0.6 is 11.3 Å². The molecule has 1 aliphatic heterocycles. The van der Waals surface area contributed by atoms with Gasteiger partial charge in [-0.05, 0) is 61.5 Å². The molecule has 3 aromatic rings. The Bertz CT molecular complexity index is 1130. The van der Waals surface area contributed by atoms with E-state index in [0.717, 1.165) is 17.5 Å². The Morgan fingerprint density at radius 1 is 1.18 bits per heavy atom. The van der Waals surface area contributed by atoms with E-state index in [0.29, 0.717) is 24.4 Å². The standard InChI is InChI=1S/C26H27FN2O3S/c1-3-28(26(31)19-9-7-18(2)8-10-19)16-25(30)29-13-11-24-22(12-14-33-24)23(29)17-32-21-6-4-5-20(27)15-21/h4-10,12,14-15,23H,3,11,13,16-17H2,1-2H3/t23-/m0/s1. The quantitative estimate of drug-likeness (QED) is 0.500. The zero-order valence-electron chi connectivity index (χ0n) is 18.8. The molecule has 0 aliphatic carbocycles. The largest absolute Gasteiger partial charge is 0.491 e. The third-order valence-electron chi connectivity index (χ3n) is 5.91. The molecule has 33 heavy (non-hydrogen) atoms. The van der Waals surface area contributed by atoms with Gasteiger partial charge >= 0.3 is 0 Å². The molecule has 4 rings (SSSR count). The molecule has 172 valence electrons. The van der Waals surface area contributed by atoms with Crippen molar-refractivity contribution in [2.45, 2.75) is 26.3 Å². The molecule has 0 saturated heterocycles. The van der Waals surface area contributed by atoms with Gasteiger partial charge in [0.15, 0.2) is 0 Å². The van der Waals surface area contributed by atoms with Crippen molar-refractivity contribution in [3.63, 3.8) is 0 Å². The summed E-state index contributed by atoms with van der Waals surface area (Å²) in [5.41, 5.74) is 2.70. The van der Waals surface area contributed by atoms with Gasteiger partial charge in [-0.15, -0.1) is 11.3 Å². The monoisotopic (exact) mass is 466 g/mol. The predicted octanol–water partition coefficient (Wildman–Crippen LogP) is 4.86. The van der Waals surface area contributed by atoms with Gasteiger partial charge < -0.3 is 14.5 Å². The first-order valence-corrected chi connectivity index (χ1v) is 11.9. The molecular weight excluding hydrogens is 439 g/mol. The third kappa shape index (κ3) is 5.25. The van der Waals surface area contributed by atoms with Crippen LogP contribution in [0.15, 0.2) is 60.0 Å². The fourth-order valence-corrected chi connectivity index (χ4v) is 4.99. The molecule has 2 aromatic carbocycles. The Morgan fingerprint density at radius 2 is 1.97 bits per heavy atom. The van der Waals surface area contributed by atoms with E-state index < -0.39 is 0 Å². The summed E-state index contributed by atoms with van der Waals surface area (Å²) >= 11 is 1.67. The number of carbonyl (C=O) groups is 2. The minimum Gasteiger partial charge on any atom is -0.491 e. The Labute approximate surface area is 197 Å². The molecule has 2 heterocycles. The van der Waals surface area contributed by atoms with E-state index in [-0.39, 0.29) is 36.8 Å². The minimum atomic E-state index is -0.367. The van der Waals surface area contributed by atoms with Gasteiger partial charge in [0.05, 0.1) is 6.04 Å². The van der Waals surface area contributed by atoms with Crippen molar-refractivity contribution in [3.8, 4) is 5.75 Å². The van der Waals surface area contributed by atoms with Crippen LogP contribution in [0.1, 0.15) is 39.3 Å². The lowest BCUT2D eigenvalue weighted by molar-refractivity contribution is -0.135. The van der Waals surface area contributed by atoms with Crippen LogP contribution in [0.4, 0.5) is 4.39 Å². The molecular formula is C26H27FN2O3S. The SMILES string of the molecule is CCN(CC(=O)N1CCc2sccc2[C@@H]1COc1cccc(F)c1)C(=O)c1ccc(C)cc1. The maximum atomic E-state index is 13.6. The maximum absolute atomic E-state index is 13.6. The second-order valence-corrected chi connectivity index (χ2v) is 9.11. The van der Waals surface area contributed by atoms with Crippen molar-refractivity contribution in [3.05, 3.63) is 87.4 Å². The highest BCUT2D eigenvalue weighted by atomic mass is 32.1. The van der Waals surface area contributed by atoms with Crippen LogP contribution in [0, 0.1) is 12.7 Å². The number of hydrogen-bond donors (Lipinski definition) is 0. The normalized spacial score (nSPS) is 15.1. The number of likely N-dealkylation sites (N-methyl/N-ethyl adjacent to an activating group) is 1. The Hall–Kier alpha value is -3.19. The molecule has 0 saturated carbocycles. The van der Waals surface area contributed by atoms with Gasteiger partial charge in [0.2, 0.25) is 5.91 Å². The molecule has 0 spiro atoms. The molecule has 2 amide bonds. The first-order valence-electron chi connectivity index (χ1n) is 11.1. The second-order valence-electron chi connectivity index (χ2n) is 8.11. The van der Waals surface area contributed by atoms with Gasteiger partial charge in [0.1, 0.15) is 24.7 Å². The van der Waals surface area contributed by atoms with E-state index >= 15 is 0 Å². The van der Waals surface area contributed by atoms with Gasteiger partial charge in [0, 0.05) is 29.6 Å². The summed E-state index contributed by atoms with van der Waals surface area (Å²) in [6, 6.07) is 15.1. The number of aryl methyl sites for hydroxylation is 1. The number of ether oxygens (including phenoxy) is 1. The highest BCUT2D eigenvalue weighted by molar-refractivity contribution is 7.10. The Balaban J connectivity index is 1.50. The summed E-state index contributed by atoms with van der Waals surface area (Å²) in [5.74, 6) is -0.225. The number of halogens is 1. The van der Waals surface area contributed by atoms with Crippen LogP contribution in [0.25, 0.3) is 0 Å². The third-order valence-corrected chi connectivity index (χ3v) is 6.91. The van der Waals surface area contributed by atoms with Crippen molar-refractivity contribution >= 4 is 23.2 Å². The second kappa shape index (κ2) is 10.2. The van der Waals surface area contributed by atoms with Crippen molar-refractivity contribution in [2.24, 2.45) is 0 Å². The lowest BCUT2D eigenvalue weighted by atomic mass is 10.0. The van der Waals surface area contributed by atoms with E-state index in [1.807, 2.05) is 37.4 Å². The number of amides is 2. The number of thiophene rings is 1.